The van der Waals surface area contributed by atoms with Gasteiger partial charge in [0.2, 0.25) is 0 Å². The molecular formula is C21H30INO3. The van der Waals surface area contributed by atoms with Crippen LogP contribution in [0.2, 0.25) is 0 Å². The van der Waals surface area contributed by atoms with E-state index in [0.717, 1.165) is 18.8 Å². The van der Waals surface area contributed by atoms with Gasteiger partial charge >= 0.3 is 5.97 Å². The van der Waals surface area contributed by atoms with E-state index in [2.05, 4.69) is 34.4 Å². The molecule has 1 saturated heterocycles. The maximum Gasteiger partial charge on any atom is 0.338 e. The molecule has 144 valence electrons. The fourth-order valence-corrected chi connectivity index (χ4v) is 5.43. The van der Waals surface area contributed by atoms with Crippen molar-refractivity contribution < 1.29 is 14.3 Å². The Hall–Kier alpha value is -0.820. The Morgan fingerprint density at radius 1 is 1.19 bits per heavy atom. The number of ether oxygens (including phenoxy) is 2. The number of hydrogen-bond acceptors (Lipinski definition) is 4. The summed E-state index contributed by atoms with van der Waals surface area (Å²) in [7, 11) is 1.63. The minimum atomic E-state index is -0.192. The Kier molecular flexibility index (Phi) is 7.20. The van der Waals surface area contributed by atoms with Crippen molar-refractivity contribution in [2.24, 2.45) is 11.8 Å². The highest BCUT2D eigenvalue weighted by molar-refractivity contribution is 14.1. The summed E-state index contributed by atoms with van der Waals surface area (Å²) in [6.07, 6.45) is 7.36. The molecule has 3 unspecified atom stereocenters. The molecule has 0 amide bonds. The quantitative estimate of drug-likeness (QED) is 0.256. The summed E-state index contributed by atoms with van der Waals surface area (Å²) in [4.78, 5) is 15.3. The topological polar surface area (TPSA) is 38.8 Å². The summed E-state index contributed by atoms with van der Waals surface area (Å²) in [6.45, 7) is 4.37. The molecule has 3 rings (SSSR count). The van der Waals surface area contributed by atoms with Crippen molar-refractivity contribution in [3.63, 3.8) is 0 Å². The molecule has 1 heterocycles. The number of nitrogens with zero attached hydrogens (tertiary/aromatic N) is 1. The predicted octanol–water partition coefficient (Wildman–Crippen LogP) is 4.90. The van der Waals surface area contributed by atoms with Gasteiger partial charge in [-0.25, -0.2) is 4.79 Å². The van der Waals surface area contributed by atoms with Crippen LogP contribution in [0.5, 0.6) is 5.75 Å². The second-order valence-corrected chi connectivity index (χ2v) is 9.02. The monoisotopic (exact) mass is 471 g/mol. The molecule has 3 atom stereocenters. The highest BCUT2D eigenvalue weighted by Crippen LogP contribution is 2.38. The largest absolute Gasteiger partial charge is 0.497 e. The summed E-state index contributed by atoms with van der Waals surface area (Å²) in [5.41, 5.74) is 0.614. The van der Waals surface area contributed by atoms with Gasteiger partial charge in [-0.15, -0.1) is 0 Å². The first-order valence-corrected chi connectivity index (χ1v) is 11.1. The predicted molar refractivity (Wildman–Crippen MR) is 112 cm³/mol. The number of carbonyl (C=O) groups is 1. The molecule has 1 aliphatic heterocycles. The minimum Gasteiger partial charge on any atom is -0.497 e. The molecule has 5 heteroatoms. The van der Waals surface area contributed by atoms with Crippen molar-refractivity contribution in [2.75, 3.05) is 20.2 Å². The van der Waals surface area contributed by atoms with Crippen molar-refractivity contribution in [1.82, 2.24) is 4.90 Å². The van der Waals surface area contributed by atoms with Gasteiger partial charge in [0.25, 0.3) is 0 Å². The normalized spacial score (nSPS) is 27.4. The van der Waals surface area contributed by atoms with Crippen LogP contribution in [0.3, 0.4) is 0 Å². The number of alkyl halides is 1. The molecule has 1 aromatic carbocycles. The lowest BCUT2D eigenvalue weighted by Crippen LogP contribution is -2.52. The van der Waals surface area contributed by atoms with Crippen LogP contribution in [-0.2, 0) is 4.74 Å². The van der Waals surface area contributed by atoms with Gasteiger partial charge in [-0.05, 0) is 43.5 Å². The maximum absolute atomic E-state index is 12.7. The smallest absolute Gasteiger partial charge is 0.338 e. The Morgan fingerprint density at radius 2 is 1.81 bits per heavy atom. The summed E-state index contributed by atoms with van der Waals surface area (Å²) in [6, 6.07) is 7.22. The van der Waals surface area contributed by atoms with Crippen LogP contribution in [0, 0.1) is 11.8 Å². The van der Waals surface area contributed by atoms with E-state index in [1.807, 2.05) is 12.1 Å². The van der Waals surface area contributed by atoms with Crippen LogP contribution in [-0.4, -0.2) is 41.2 Å². The highest BCUT2D eigenvalue weighted by Gasteiger charge is 2.41. The van der Waals surface area contributed by atoms with E-state index in [1.54, 1.807) is 19.2 Å². The van der Waals surface area contributed by atoms with Crippen LogP contribution in [0.25, 0.3) is 0 Å². The van der Waals surface area contributed by atoms with E-state index in [0.29, 0.717) is 21.4 Å². The van der Waals surface area contributed by atoms with Crippen molar-refractivity contribution in [3.8, 4) is 5.75 Å². The number of methoxy groups -OCH3 is 1. The molecule has 2 fully saturated rings. The molecule has 0 aromatic heterocycles. The number of rotatable bonds is 6. The maximum atomic E-state index is 12.7. The molecule has 26 heavy (non-hydrogen) atoms. The van der Waals surface area contributed by atoms with Crippen LogP contribution in [0.4, 0.5) is 0 Å². The second kappa shape index (κ2) is 9.40. The van der Waals surface area contributed by atoms with E-state index in [1.165, 1.54) is 38.5 Å². The standard InChI is InChI=1S/C21H30INO3/c1-3-6-19(22)23-13-16-7-4-5-8-17(14-23)20(16)26-21(24)15-9-11-18(25-2)12-10-15/h9-12,16-17,19-20H,3-8,13-14H2,1-2H3. The first kappa shape index (κ1) is 19.9. The first-order valence-electron chi connectivity index (χ1n) is 9.85. The third-order valence-electron chi connectivity index (χ3n) is 5.76. The Morgan fingerprint density at radius 3 is 2.35 bits per heavy atom. The van der Waals surface area contributed by atoms with Crippen LogP contribution in [0.15, 0.2) is 24.3 Å². The van der Waals surface area contributed by atoms with Crippen molar-refractivity contribution in [1.29, 1.82) is 0 Å². The number of piperidine rings is 1. The molecule has 0 radical (unpaired) electrons. The number of benzene rings is 1. The van der Waals surface area contributed by atoms with Crippen molar-refractivity contribution in [2.45, 2.75) is 55.6 Å². The molecular weight excluding hydrogens is 441 g/mol. The summed E-state index contributed by atoms with van der Waals surface area (Å²) < 4.78 is 11.8. The van der Waals surface area contributed by atoms with Gasteiger partial charge in [0, 0.05) is 24.9 Å². The lowest BCUT2D eigenvalue weighted by atomic mass is 9.84. The van der Waals surface area contributed by atoms with E-state index in [-0.39, 0.29) is 12.1 Å². The second-order valence-electron chi connectivity index (χ2n) is 7.58. The average Bonchev–Trinajstić information content (AvgIpc) is 2.77. The van der Waals surface area contributed by atoms with Gasteiger partial charge in [0.15, 0.2) is 0 Å². The number of esters is 1. The average molecular weight is 471 g/mol. The zero-order valence-electron chi connectivity index (χ0n) is 15.8. The third-order valence-corrected chi connectivity index (χ3v) is 7.17. The number of halogens is 1. The Balaban J connectivity index is 1.69. The Bertz CT molecular complexity index is 575. The van der Waals surface area contributed by atoms with Crippen LogP contribution in [0.1, 0.15) is 55.8 Å². The number of carbonyl (C=O) groups excluding carboxylic acids is 1. The fourth-order valence-electron chi connectivity index (χ4n) is 4.35. The number of hydrogen-bond donors (Lipinski definition) is 0. The lowest BCUT2D eigenvalue weighted by Gasteiger charge is -2.44. The number of likely N-dealkylation sites (tertiary alicyclic amines) is 1. The summed E-state index contributed by atoms with van der Waals surface area (Å²) >= 11 is 2.59. The summed E-state index contributed by atoms with van der Waals surface area (Å²) in [5, 5.41) is 0. The molecule has 0 spiro atoms. The van der Waals surface area contributed by atoms with E-state index in [9.17, 15) is 4.79 Å². The molecule has 1 aliphatic carbocycles. The van der Waals surface area contributed by atoms with E-state index in [4.69, 9.17) is 9.47 Å². The summed E-state index contributed by atoms with van der Waals surface area (Å²) in [5.74, 6) is 1.50. The molecule has 0 N–H and O–H groups in total. The van der Waals surface area contributed by atoms with Gasteiger partial charge in [-0.2, -0.15) is 0 Å². The van der Waals surface area contributed by atoms with E-state index >= 15 is 0 Å². The van der Waals surface area contributed by atoms with Crippen molar-refractivity contribution >= 4 is 28.6 Å². The molecule has 2 aliphatic rings. The molecule has 1 aromatic rings. The zero-order chi connectivity index (χ0) is 18.5. The fraction of sp³-hybridized carbons (Fsp3) is 0.667. The van der Waals surface area contributed by atoms with E-state index < -0.39 is 0 Å². The molecule has 1 saturated carbocycles. The first-order chi connectivity index (χ1) is 12.6. The van der Waals surface area contributed by atoms with Crippen molar-refractivity contribution in [3.05, 3.63) is 29.8 Å². The van der Waals surface area contributed by atoms with Gasteiger partial charge in [0.05, 0.1) is 16.7 Å². The SMILES string of the molecule is CCCC(I)N1CC2CCCCC(C1)C2OC(=O)c1ccc(OC)cc1. The molecule has 2 bridgehead atoms. The van der Waals surface area contributed by atoms with Gasteiger partial charge in [-0.1, -0.05) is 48.8 Å². The van der Waals surface area contributed by atoms with Crippen LogP contribution < -0.4 is 4.74 Å². The lowest BCUT2D eigenvalue weighted by molar-refractivity contribution is -0.0461. The van der Waals surface area contributed by atoms with Gasteiger partial charge in [0.1, 0.15) is 11.9 Å². The highest BCUT2D eigenvalue weighted by atomic mass is 127. The number of fused-ring (bicyclic) bond motifs is 2. The zero-order valence-corrected chi connectivity index (χ0v) is 18.0. The minimum absolute atomic E-state index is 0.0635. The molecule has 4 nitrogen and oxygen atoms in total. The van der Waals surface area contributed by atoms with Crippen LogP contribution >= 0.6 is 22.6 Å². The van der Waals surface area contributed by atoms with Gasteiger partial charge in [-0.3, -0.25) is 4.90 Å². The third kappa shape index (κ3) is 4.71. The Labute approximate surface area is 170 Å². The van der Waals surface area contributed by atoms with Gasteiger partial charge < -0.3 is 9.47 Å².